The van der Waals surface area contributed by atoms with Gasteiger partial charge < -0.3 is 15.0 Å². The van der Waals surface area contributed by atoms with Gasteiger partial charge in [-0.3, -0.25) is 4.79 Å². The summed E-state index contributed by atoms with van der Waals surface area (Å²) in [5, 5.41) is 11.6. The second-order valence-corrected chi connectivity index (χ2v) is 5.67. The van der Waals surface area contributed by atoms with Crippen LogP contribution in [0.3, 0.4) is 0 Å². The fourth-order valence-electron chi connectivity index (χ4n) is 2.03. The quantitative estimate of drug-likeness (QED) is 0.850. The van der Waals surface area contributed by atoms with Crippen LogP contribution in [0.5, 0.6) is 5.75 Å². The summed E-state index contributed by atoms with van der Waals surface area (Å²) in [6, 6.07) is 16.3. The summed E-state index contributed by atoms with van der Waals surface area (Å²) < 4.78 is 5.63. The maximum Gasteiger partial charge on any atom is 0.251 e. The molecule has 2 aromatic rings. The Hall–Kier alpha value is -2.84. The first-order valence-corrected chi connectivity index (χ1v) is 7.73. The minimum Gasteiger partial charge on any atom is -0.492 e. The van der Waals surface area contributed by atoms with Gasteiger partial charge in [0.25, 0.3) is 5.91 Å². The second-order valence-electron chi connectivity index (χ2n) is 5.67. The van der Waals surface area contributed by atoms with Crippen LogP contribution in [0, 0.1) is 11.3 Å². The third kappa shape index (κ3) is 5.41. The highest BCUT2D eigenvalue weighted by Crippen LogP contribution is 2.12. The van der Waals surface area contributed by atoms with E-state index in [0.29, 0.717) is 24.3 Å². The number of ether oxygens (including phenoxy) is 1. The molecule has 5 heteroatoms. The van der Waals surface area contributed by atoms with Crippen LogP contribution in [0.1, 0.15) is 21.5 Å². The molecule has 24 heavy (non-hydrogen) atoms. The molecule has 0 atom stereocenters. The first-order chi connectivity index (χ1) is 11.6. The molecule has 0 bridgehead atoms. The van der Waals surface area contributed by atoms with Gasteiger partial charge in [0.05, 0.1) is 11.6 Å². The standard InChI is InChI=1S/C19H21N3O2/c1-22(2)11-12-24-18-9-5-16(6-10-18)14-21-19(23)17-7-3-15(13-20)4-8-17/h3-10H,11-12,14H2,1-2H3,(H,21,23). The maximum absolute atomic E-state index is 12.1. The van der Waals surface area contributed by atoms with E-state index in [2.05, 4.69) is 10.2 Å². The van der Waals surface area contributed by atoms with Gasteiger partial charge in [-0.05, 0) is 56.1 Å². The van der Waals surface area contributed by atoms with E-state index >= 15 is 0 Å². The summed E-state index contributed by atoms with van der Waals surface area (Å²) in [7, 11) is 4.01. The number of nitriles is 1. The third-order valence-corrected chi connectivity index (χ3v) is 3.46. The van der Waals surface area contributed by atoms with Crippen molar-refractivity contribution < 1.29 is 9.53 Å². The van der Waals surface area contributed by atoms with E-state index in [9.17, 15) is 4.79 Å². The smallest absolute Gasteiger partial charge is 0.251 e. The summed E-state index contributed by atoms with van der Waals surface area (Å²) in [4.78, 5) is 14.1. The predicted molar refractivity (Wildman–Crippen MR) is 92.8 cm³/mol. The van der Waals surface area contributed by atoms with E-state index in [1.54, 1.807) is 24.3 Å². The van der Waals surface area contributed by atoms with E-state index in [4.69, 9.17) is 10.00 Å². The van der Waals surface area contributed by atoms with E-state index in [-0.39, 0.29) is 5.91 Å². The Morgan fingerprint density at radius 2 is 1.79 bits per heavy atom. The second kappa shape index (κ2) is 8.70. The summed E-state index contributed by atoms with van der Waals surface area (Å²) >= 11 is 0. The molecule has 5 nitrogen and oxygen atoms in total. The van der Waals surface area contributed by atoms with Gasteiger partial charge in [-0.25, -0.2) is 0 Å². The SMILES string of the molecule is CN(C)CCOc1ccc(CNC(=O)c2ccc(C#N)cc2)cc1. The van der Waals surface area contributed by atoms with E-state index in [1.807, 2.05) is 44.4 Å². The maximum atomic E-state index is 12.1. The number of hydrogen-bond acceptors (Lipinski definition) is 4. The number of nitrogens with one attached hydrogen (secondary N) is 1. The monoisotopic (exact) mass is 323 g/mol. The predicted octanol–water partition coefficient (Wildman–Crippen LogP) is 2.43. The van der Waals surface area contributed by atoms with Crippen molar-refractivity contribution in [1.29, 1.82) is 5.26 Å². The molecule has 0 fully saturated rings. The summed E-state index contributed by atoms with van der Waals surface area (Å²) in [6.45, 7) is 1.95. The molecule has 0 aliphatic rings. The van der Waals surface area contributed by atoms with Gasteiger partial charge in [-0.2, -0.15) is 5.26 Å². The molecule has 0 spiro atoms. The fraction of sp³-hybridized carbons (Fsp3) is 0.263. The number of carbonyl (C=O) groups excluding carboxylic acids is 1. The van der Waals surface area contributed by atoms with Crippen molar-refractivity contribution in [3.05, 3.63) is 65.2 Å². The summed E-state index contributed by atoms with van der Waals surface area (Å²) in [5.74, 6) is 0.657. The number of rotatable bonds is 7. The molecule has 1 amide bonds. The molecule has 124 valence electrons. The fourth-order valence-corrected chi connectivity index (χ4v) is 2.03. The van der Waals surface area contributed by atoms with Crippen LogP contribution in [0.2, 0.25) is 0 Å². The van der Waals surface area contributed by atoms with Gasteiger partial charge in [0.15, 0.2) is 0 Å². The highest BCUT2D eigenvalue weighted by Gasteiger charge is 2.05. The minimum atomic E-state index is -0.161. The van der Waals surface area contributed by atoms with Gasteiger partial charge in [0, 0.05) is 18.7 Å². The highest BCUT2D eigenvalue weighted by molar-refractivity contribution is 5.94. The lowest BCUT2D eigenvalue weighted by atomic mass is 10.1. The molecule has 2 aromatic carbocycles. The van der Waals surface area contributed by atoms with Crippen LogP contribution >= 0.6 is 0 Å². The molecule has 0 saturated carbocycles. The van der Waals surface area contributed by atoms with Crippen molar-refractivity contribution in [1.82, 2.24) is 10.2 Å². The molecule has 0 aliphatic carbocycles. The molecule has 1 N–H and O–H groups in total. The Morgan fingerprint density at radius 3 is 2.38 bits per heavy atom. The lowest BCUT2D eigenvalue weighted by Crippen LogP contribution is -2.22. The topological polar surface area (TPSA) is 65.4 Å². The van der Waals surface area contributed by atoms with Crippen LogP contribution in [-0.4, -0.2) is 38.1 Å². The van der Waals surface area contributed by atoms with Gasteiger partial charge in [0.1, 0.15) is 12.4 Å². The van der Waals surface area contributed by atoms with Gasteiger partial charge in [-0.1, -0.05) is 12.1 Å². The van der Waals surface area contributed by atoms with E-state index < -0.39 is 0 Å². The summed E-state index contributed by atoms with van der Waals surface area (Å²) in [6.07, 6.45) is 0. The molecular formula is C19H21N3O2. The van der Waals surface area contributed by atoms with E-state index in [1.165, 1.54) is 0 Å². The molecule has 0 saturated heterocycles. The molecular weight excluding hydrogens is 302 g/mol. The molecule has 0 aliphatic heterocycles. The first-order valence-electron chi connectivity index (χ1n) is 7.73. The minimum absolute atomic E-state index is 0.161. The van der Waals surface area contributed by atoms with Gasteiger partial charge in [0.2, 0.25) is 0 Å². The van der Waals surface area contributed by atoms with Crippen molar-refractivity contribution in [3.63, 3.8) is 0 Å². The number of likely N-dealkylation sites (N-methyl/N-ethyl adjacent to an activating group) is 1. The average Bonchev–Trinajstić information content (AvgIpc) is 2.60. The number of amides is 1. The average molecular weight is 323 g/mol. The third-order valence-electron chi connectivity index (χ3n) is 3.46. The molecule has 2 rings (SSSR count). The zero-order valence-electron chi connectivity index (χ0n) is 14.0. The van der Waals surface area contributed by atoms with Crippen molar-refractivity contribution in [2.75, 3.05) is 27.2 Å². The lowest BCUT2D eigenvalue weighted by molar-refractivity contribution is 0.0951. The molecule has 0 heterocycles. The van der Waals surface area contributed by atoms with Gasteiger partial charge in [-0.15, -0.1) is 0 Å². The first kappa shape index (κ1) is 17.5. The van der Waals surface area contributed by atoms with E-state index in [0.717, 1.165) is 17.9 Å². The summed E-state index contributed by atoms with van der Waals surface area (Å²) in [5.41, 5.74) is 2.07. The van der Waals surface area contributed by atoms with Crippen molar-refractivity contribution in [2.45, 2.75) is 6.54 Å². The Morgan fingerprint density at radius 1 is 1.12 bits per heavy atom. The highest BCUT2D eigenvalue weighted by atomic mass is 16.5. The number of carbonyl (C=O) groups is 1. The van der Waals surface area contributed by atoms with Crippen LogP contribution in [-0.2, 0) is 6.54 Å². The Bertz CT molecular complexity index is 701. The Kier molecular flexibility index (Phi) is 6.35. The van der Waals surface area contributed by atoms with Gasteiger partial charge >= 0.3 is 0 Å². The Balaban J connectivity index is 1.83. The normalized spacial score (nSPS) is 10.2. The number of hydrogen-bond donors (Lipinski definition) is 1. The molecule has 0 aromatic heterocycles. The van der Waals surface area contributed by atoms with Crippen LogP contribution in [0.4, 0.5) is 0 Å². The zero-order chi connectivity index (χ0) is 17.4. The van der Waals surface area contributed by atoms with Crippen LogP contribution in [0.15, 0.2) is 48.5 Å². The van der Waals surface area contributed by atoms with Crippen LogP contribution < -0.4 is 10.1 Å². The van der Waals surface area contributed by atoms with Crippen LogP contribution in [0.25, 0.3) is 0 Å². The largest absolute Gasteiger partial charge is 0.492 e. The van der Waals surface area contributed by atoms with Crippen molar-refractivity contribution in [3.8, 4) is 11.8 Å². The number of nitrogens with zero attached hydrogens (tertiary/aromatic N) is 2. The molecule has 0 radical (unpaired) electrons. The van der Waals surface area contributed by atoms with Crippen molar-refractivity contribution >= 4 is 5.91 Å². The zero-order valence-corrected chi connectivity index (χ0v) is 14.0. The number of benzene rings is 2. The molecule has 0 unspecified atom stereocenters. The Labute approximate surface area is 142 Å². The van der Waals surface area contributed by atoms with Crippen molar-refractivity contribution in [2.24, 2.45) is 0 Å². The lowest BCUT2D eigenvalue weighted by Gasteiger charge is -2.11.